The Balaban J connectivity index is 1.60. The summed E-state index contributed by atoms with van der Waals surface area (Å²) in [6.07, 6.45) is 0.242. The molecule has 0 radical (unpaired) electrons. The number of methoxy groups -OCH3 is 1. The summed E-state index contributed by atoms with van der Waals surface area (Å²) in [6.45, 7) is 0. The van der Waals surface area contributed by atoms with Crippen LogP contribution >= 0.6 is 35.2 Å². The van der Waals surface area contributed by atoms with Crippen LogP contribution in [-0.2, 0) is 16.0 Å². The predicted molar refractivity (Wildman–Crippen MR) is 116 cm³/mol. The zero-order valence-electron chi connectivity index (χ0n) is 14.7. The van der Waals surface area contributed by atoms with E-state index in [1.807, 2.05) is 36.4 Å². The Morgan fingerprint density at radius 1 is 1.14 bits per heavy atom. The molecule has 0 aliphatic carbocycles. The van der Waals surface area contributed by atoms with E-state index in [-0.39, 0.29) is 17.4 Å². The van der Waals surface area contributed by atoms with Crippen molar-refractivity contribution in [3.05, 3.63) is 64.0 Å². The van der Waals surface area contributed by atoms with E-state index in [1.54, 1.807) is 12.1 Å². The first-order valence-corrected chi connectivity index (χ1v) is 9.78. The Hall–Kier alpha value is -2.68. The number of carbonyl (C=O) groups excluding carboxylic acids is 2. The molecule has 3 rings (SSSR count). The van der Waals surface area contributed by atoms with Gasteiger partial charge in [0.1, 0.15) is 4.88 Å². The summed E-state index contributed by atoms with van der Waals surface area (Å²) in [4.78, 5) is 24.1. The fourth-order valence-corrected chi connectivity index (χ4v) is 4.12. The van der Waals surface area contributed by atoms with Gasteiger partial charge in [-0.2, -0.15) is 0 Å². The van der Waals surface area contributed by atoms with Crippen LogP contribution in [0.2, 0.25) is 5.02 Å². The highest BCUT2D eigenvalue weighted by Crippen LogP contribution is 2.37. The Morgan fingerprint density at radius 3 is 2.61 bits per heavy atom. The number of nitrogens with one attached hydrogen (secondary N) is 3. The monoisotopic (exact) mass is 433 g/mol. The van der Waals surface area contributed by atoms with E-state index in [0.29, 0.717) is 15.6 Å². The fourth-order valence-electron chi connectivity index (χ4n) is 2.48. The lowest BCUT2D eigenvalue weighted by Gasteiger charge is -2.11. The van der Waals surface area contributed by atoms with Crippen molar-refractivity contribution in [2.45, 2.75) is 6.42 Å². The third-order valence-electron chi connectivity index (χ3n) is 3.78. The largest absolute Gasteiger partial charge is 0.465 e. The number of amides is 1. The van der Waals surface area contributed by atoms with E-state index in [0.717, 1.165) is 15.6 Å². The number of esters is 1. The third-order valence-corrected chi connectivity index (χ3v) is 5.62. The second kappa shape index (κ2) is 9.01. The molecule has 0 aliphatic heterocycles. The second-order valence-electron chi connectivity index (χ2n) is 5.74. The highest BCUT2D eigenvalue weighted by Gasteiger charge is 2.17. The molecule has 3 N–H and O–H groups in total. The number of hydrogen-bond donors (Lipinski definition) is 3. The number of halogens is 1. The summed E-state index contributed by atoms with van der Waals surface area (Å²) in [5, 5.41) is 4.34. The maximum Gasteiger partial charge on any atom is 0.349 e. The molecule has 1 heterocycles. The Bertz CT molecular complexity index is 1040. The molecule has 3 aromatic rings. The van der Waals surface area contributed by atoms with Crippen LogP contribution in [0.3, 0.4) is 0 Å². The lowest BCUT2D eigenvalue weighted by Crippen LogP contribution is -2.44. The van der Waals surface area contributed by atoms with Crippen molar-refractivity contribution in [2.75, 3.05) is 12.4 Å². The van der Waals surface area contributed by atoms with Gasteiger partial charge in [-0.1, -0.05) is 41.9 Å². The molecule has 1 amide bonds. The zero-order valence-corrected chi connectivity index (χ0v) is 17.1. The molecule has 0 saturated heterocycles. The van der Waals surface area contributed by atoms with Crippen molar-refractivity contribution >= 4 is 67.9 Å². The molecular formula is C19H16ClN3O3S2. The fraction of sp³-hybridized carbons (Fsp3) is 0.105. The van der Waals surface area contributed by atoms with Crippen LogP contribution in [0.15, 0.2) is 48.5 Å². The van der Waals surface area contributed by atoms with Gasteiger partial charge >= 0.3 is 5.97 Å². The number of rotatable bonds is 4. The van der Waals surface area contributed by atoms with E-state index in [1.165, 1.54) is 18.4 Å². The van der Waals surface area contributed by atoms with Gasteiger partial charge in [0.15, 0.2) is 5.11 Å². The Morgan fingerprint density at radius 2 is 1.89 bits per heavy atom. The van der Waals surface area contributed by atoms with Gasteiger partial charge in [-0.25, -0.2) is 4.79 Å². The van der Waals surface area contributed by atoms with Crippen LogP contribution in [-0.4, -0.2) is 24.1 Å². The molecule has 0 bridgehead atoms. The second-order valence-corrected chi connectivity index (χ2v) is 7.58. The summed E-state index contributed by atoms with van der Waals surface area (Å²) in [7, 11) is 1.31. The minimum Gasteiger partial charge on any atom is -0.465 e. The van der Waals surface area contributed by atoms with E-state index >= 15 is 0 Å². The van der Waals surface area contributed by atoms with Crippen LogP contribution < -0.4 is 16.2 Å². The summed E-state index contributed by atoms with van der Waals surface area (Å²) >= 11 is 12.7. The first kappa shape index (κ1) is 20.1. The molecule has 0 spiro atoms. The van der Waals surface area contributed by atoms with Crippen LogP contribution in [0.4, 0.5) is 5.69 Å². The molecule has 0 aliphatic rings. The topological polar surface area (TPSA) is 79.5 Å². The highest BCUT2D eigenvalue weighted by atomic mass is 35.5. The quantitative estimate of drug-likeness (QED) is 0.329. The molecule has 9 heteroatoms. The van der Waals surface area contributed by atoms with Gasteiger partial charge in [-0.15, -0.1) is 11.3 Å². The molecule has 28 heavy (non-hydrogen) atoms. The number of hydrogen-bond acceptors (Lipinski definition) is 5. The molecule has 0 atom stereocenters. The average Bonchev–Trinajstić information content (AvgIpc) is 3.02. The number of carbonyl (C=O) groups is 2. The van der Waals surface area contributed by atoms with E-state index in [9.17, 15) is 9.59 Å². The molecular weight excluding hydrogens is 418 g/mol. The number of anilines is 1. The summed E-state index contributed by atoms with van der Waals surface area (Å²) in [5.41, 5.74) is 6.82. The maximum absolute atomic E-state index is 12.0. The zero-order chi connectivity index (χ0) is 20.1. The molecule has 2 aromatic carbocycles. The predicted octanol–water partition coefficient (Wildman–Crippen LogP) is 3.90. The molecule has 1 aromatic heterocycles. The van der Waals surface area contributed by atoms with Crippen molar-refractivity contribution in [1.29, 1.82) is 0 Å². The maximum atomic E-state index is 12.0. The van der Waals surface area contributed by atoms with Gasteiger partial charge in [0, 0.05) is 15.8 Å². The minimum absolute atomic E-state index is 0.210. The number of thiophene rings is 1. The van der Waals surface area contributed by atoms with Crippen molar-refractivity contribution in [1.82, 2.24) is 10.9 Å². The molecule has 144 valence electrons. The molecule has 0 unspecified atom stereocenters. The van der Waals surface area contributed by atoms with Gasteiger partial charge in [0.2, 0.25) is 5.91 Å². The number of fused-ring (bicyclic) bond motifs is 1. The van der Waals surface area contributed by atoms with Crippen LogP contribution in [0.25, 0.3) is 10.1 Å². The van der Waals surface area contributed by atoms with Crippen LogP contribution in [0.5, 0.6) is 0 Å². The molecule has 0 saturated carbocycles. The third kappa shape index (κ3) is 4.78. The van der Waals surface area contributed by atoms with E-state index in [2.05, 4.69) is 16.2 Å². The van der Waals surface area contributed by atoms with Crippen molar-refractivity contribution in [2.24, 2.45) is 0 Å². The number of benzene rings is 2. The standard InChI is InChI=1S/C19H16ClN3O3S2/c1-26-18(25)17-16(20)13-8-7-12(10-14(13)28-17)21-19(27)23-22-15(24)9-11-5-3-2-4-6-11/h2-8,10H,9H2,1H3,(H,22,24)(H2,21,23,27). The Labute approximate surface area is 175 Å². The van der Waals surface area contributed by atoms with E-state index in [4.69, 9.17) is 28.6 Å². The van der Waals surface area contributed by atoms with Crippen molar-refractivity contribution in [3.8, 4) is 0 Å². The summed E-state index contributed by atoms with van der Waals surface area (Å²) < 4.78 is 5.55. The van der Waals surface area contributed by atoms with Gasteiger partial charge in [-0.3, -0.25) is 15.6 Å². The van der Waals surface area contributed by atoms with Crippen LogP contribution in [0, 0.1) is 0 Å². The van der Waals surface area contributed by atoms with Gasteiger partial charge < -0.3 is 10.1 Å². The summed E-state index contributed by atoms with van der Waals surface area (Å²) in [6, 6.07) is 14.8. The summed E-state index contributed by atoms with van der Waals surface area (Å²) in [5.74, 6) is -0.683. The first-order chi connectivity index (χ1) is 13.5. The van der Waals surface area contributed by atoms with E-state index < -0.39 is 5.97 Å². The first-order valence-electron chi connectivity index (χ1n) is 8.18. The number of ether oxygens (including phenoxy) is 1. The smallest absolute Gasteiger partial charge is 0.349 e. The van der Waals surface area contributed by atoms with Gasteiger partial charge in [0.05, 0.1) is 18.6 Å². The van der Waals surface area contributed by atoms with Gasteiger partial charge in [0.25, 0.3) is 0 Å². The van der Waals surface area contributed by atoms with Crippen LogP contribution in [0.1, 0.15) is 15.2 Å². The number of thiocarbonyl (C=S) groups is 1. The Kier molecular flexibility index (Phi) is 6.45. The molecule has 6 nitrogen and oxygen atoms in total. The molecule has 0 fully saturated rings. The highest BCUT2D eigenvalue weighted by molar-refractivity contribution is 7.80. The van der Waals surface area contributed by atoms with Crippen molar-refractivity contribution < 1.29 is 14.3 Å². The minimum atomic E-state index is -0.473. The lowest BCUT2D eigenvalue weighted by molar-refractivity contribution is -0.121. The van der Waals surface area contributed by atoms with Gasteiger partial charge in [-0.05, 0) is 36.0 Å². The SMILES string of the molecule is COC(=O)c1sc2cc(NC(=S)NNC(=O)Cc3ccccc3)ccc2c1Cl. The lowest BCUT2D eigenvalue weighted by atomic mass is 10.1. The average molecular weight is 434 g/mol. The van der Waals surface area contributed by atoms with Crippen molar-refractivity contribution in [3.63, 3.8) is 0 Å². The number of hydrazine groups is 1. The normalized spacial score (nSPS) is 10.4.